The van der Waals surface area contributed by atoms with Crippen LogP contribution in [0.15, 0.2) is 36.5 Å². The van der Waals surface area contributed by atoms with Gasteiger partial charge >= 0.3 is 0 Å². The number of benzene rings is 1. The third-order valence-corrected chi connectivity index (χ3v) is 4.11. The summed E-state index contributed by atoms with van der Waals surface area (Å²) in [6, 6.07) is 7.91. The van der Waals surface area contributed by atoms with Crippen molar-refractivity contribution in [1.82, 2.24) is 19.9 Å². The number of hydrogen-bond donors (Lipinski definition) is 1. The van der Waals surface area contributed by atoms with E-state index < -0.39 is 6.29 Å². The fourth-order valence-electron chi connectivity index (χ4n) is 2.76. The van der Waals surface area contributed by atoms with E-state index in [9.17, 15) is 4.39 Å². The molecule has 3 heterocycles. The van der Waals surface area contributed by atoms with Gasteiger partial charge in [-0.15, -0.1) is 0 Å². The zero-order chi connectivity index (χ0) is 18.1. The van der Waals surface area contributed by atoms with Gasteiger partial charge in [0.25, 0.3) is 0 Å². The zero-order valence-electron chi connectivity index (χ0n) is 14.5. The molecule has 1 fully saturated rings. The highest BCUT2D eigenvalue weighted by Crippen LogP contribution is 2.34. The van der Waals surface area contributed by atoms with Gasteiger partial charge in [0.15, 0.2) is 12.2 Å². The maximum absolute atomic E-state index is 13.3. The molecular weight excluding hydrogens is 335 g/mol. The minimum atomic E-state index is -0.582. The zero-order valence-corrected chi connectivity index (χ0v) is 14.5. The number of hydrogen-bond acceptors (Lipinski definition) is 5. The van der Waals surface area contributed by atoms with Crippen molar-refractivity contribution in [1.29, 1.82) is 0 Å². The first-order chi connectivity index (χ1) is 12.5. The minimum absolute atomic E-state index is 0.0344. The Balaban J connectivity index is 1.74. The van der Waals surface area contributed by atoms with E-state index in [0.29, 0.717) is 36.1 Å². The molecule has 0 saturated carbocycles. The second kappa shape index (κ2) is 6.59. The normalized spacial score (nSPS) is 17.3. The number of aromatic nitrogens is 4. The molecule has 0 atom stereocenters. The van der Waals surface area contributed by atoms with Crippen LogP contribution >= 0.6 is 0 Å². The molecular formula is C19H18FN4O2. The highest BCUT2D eigenvalue weighted by Gasteiger charge is 2.31. The van der Waals surface area contributed by atoms with Crippen molar-refractivity contribution in [2.75, 3.05) is 13.2 Å². The molecule has 1 N–H and O–H groups in total. The number of ether oxygens (including phenoxy) is 2. The van der Waals surface area contributed by atoms with Gasteiger partial charge in [-0.05, 0) is 30.3 Å². The van der Waals surface area contributed by atoms with Gasteiger partial charge in [0.1, 0.15) is 5.82 Å². The lowest BCUT2D eigenvalue weighted by molar-refractivity contribution is -0.229. The molecule has 26 heavy (non-hydrogen) atoms. The third kappa shape index (κ3) is 3.36. The first kappa shape index (κ1) is 16.8. The van der Waals surface area contributed by atoms with Gasteiger partial charge < -0.3 is 14.5 Å². The predicted octanol–water partition coefficient (Wildman–Crippen LogP) is 3.54. The van der Waals surface area contributed by atoms with Crippen LogP contribution in [-0.4, -0.2) is 33.1 Å². The predicted molar refractivity (Wildman–Crippen MR) is 92.3 cm³/mol. The fraction of sp³-hybridized carbons (Fsp3) is 0.316. The lowest BCUT2D eigenvalue weighted by Gasteiger charge is -2.33. The second-order valence-corrected chi connectivity index (χ2v) is 7.01. The van der Waals surface area contributed by atoms with Gasteiger partial charge in [-0.1, -0.05) is 13.8 Å². The Morgan fingerprint density at radius 2 is 1.88 bits per heavy atom. The van der Waals surface area contributed by atoms with E-state index >= 15 is 0 Å². The van der Waals surface area contributed by atoms with E-state index in [0.717, 1.165) is 5.56 Å². The van der Waals surface area contributed by atoms with Gasteiger partial charge in [0.05, 0.1) is 30.3 Å². The number of aromatic amines is 1. The number of imidazole rings is 1. The van der Waals surface area contributed by atoms with Gasteiger partial charge in [-0.25, -0.2) is 19.3 Å². The van der Waals surface area contributed by atoms with Crippen molar-refractivity contribution in [2.24, 2.45) is 5.41 Å². The quantitative estimate of drug-likeness (QED) is 0.780. The summed E-state index contributed by atoms with van der Waals surface area (Å²) in [6.45, 7) is 5.30. The van der Waals surface area contributed by atoms with Crippen LogP contribution < -0.4 is 0 Å². The number of H-pyrrole nitrogens is 1. The van der Waals surface area contributed by atoms with Gasteiger partial charge in [0, 0.05) is 17.2 Å². The number of rotatable bonds is 3. The van der Waals surface area contributed by atoms with Crippen molar-refractivity contribution in [3.05, 3.63) is 54.5 Å². The lowest BCUT2D eigenvalue weighted by Crippen LogP contribution is -2.34. The Labute approximate surface area is 150 Å². The van der Waals surface area contributed by atoms with Crippen LogP contribution in [0.5, 0.6) is 0 Å². The van der Waals surface area contributed by atoms with E-state index in [-0.39, 0.29) is 11.2 Å². The molecule has 133 valence electrons. The molecule has 2 aromatic heterocycles. The summed E-state index contributed by atoms with van der Waals surface area (Å²) in [5.74, 6) is 0.246. The average molecular weight is 353 g/mol. The Bertz CT molecular complexity index is 884. The van der Waals surface area contributed by atoms with E-state index in [2.05, 4.69) is 40.1 Å². The van der Waals surface area contributed by atoms with Crippen LogP contribution in [-0.2, 0) is 9.47 Å². The molecule has 0 aliphatic carbocycles. The molecule has 6 nitrogen and oxygen atoms in total. The molecule has 1 saturated heterocycles. The summed E-state index contributed by atoms with van der Waals surface area (Å²) in [5, 5.41) is 0. The minimum Gasteiger partial charge on any atom is -0.345 e. The number of nitrogens with one attached hydrogen (secondary N) is 1. The van der Waals surface area contributed by atoms with Crippen molar-refractivity contribution in [3.8, 4) is 22.6 Å². The molecule has 0 spiro atoms. The standard InChI is InChI=1S/C19H18FN4O2/c1-19(2)9-25-18(26-10-19)17-23-15(12-3-5-13(20)6-4-12)16(24-17)14-7-8-21-11-22-14/h3-8,18H,9-10H2,1-2H3,(H,23,24). The SMILES string of the molecule is CC1(C)COC(c2nc(-c3ccc(F)cc3)c(-c3ccn[c]n3)[nH]2)OC1. The van der Waals surface area contributed by atoms with Crippen LogP contribution in [0, 0.1) is 17.6 Å². The molecule has 3 aromatic rings. The monoisotopic (exact) mass is 353 g/mol. The highest BCUT2D eigenvalue weighted by molar-refractivity contribution is 5.76. The Morgan fingerprint density at radius 1 is 1.15 bits per heavy atom. The number of halogens is 1. The molecule has 0 amide bonds. The summed E-state index contributed by atoms with van der Waals surface area (Å²) < 4.78 is 24.9. The number of nitrogens with zero attached hydrogens (tertiary/aromatic N) is 3. The van der Waals surface area contributed by atoms with Gasteiger partial charge in [0.2, 0.25) is 6.29 Å². The van der Waals surface area contributed by atoms with Crippen molar-refractivity contribution in [2.45, 2.75) is 20.1 Å². The summed E-state index contributed by atoms with van der Waals surface area (Å²) in [4.78, 5) is 15.9. The molecule has 1 aromatic carbocycles. The van der Waals surface area contributed by atoms with Crippen LogP contribution in [0.25, 0.3) is 22.6 Å². The van der Waals surface area contributed by atoms with E-state index in [1.165, 1.54) is 12.1 Å². The Hall–Kier alpha value is -2.64. The topological polar surface area (TPSA) is 72.9 Å². The van der Waals surface area contributed by atoms with Crippen LogP contribution in [0.2, 0.25) is 0 Å². The van der Waals surface area contributed by atoms with E-state index in [1.54, 1.807) is 24.4 Å². The van der Waals surface area contributed by atoms with E-state index in [1.807, 2.05) is 0 Å². The second-order valence-electron chi connectivity index (χ2n) is 7.01. The Morgan fingerprint density at radius 3 is 2.54 bits per heavy atom. The Kier molecular flexibility index (Phi) is 4.26. The van der Waals surface area contributed by atoms with Crippen molar-refractivity contribution < 1.29 is 13.9 Å². The van der Waals surface area contributed by atoms with Crippen LogP contribution in [0.1, 0.15) is 26.0 Å². The van der Waals surface area contributed by atoms with E-state index in [4.69, 9.17) is 9.47 Å². The summed E-state index contributed by atoms with van der Waals surface area (Å²) in [6.07, 6.45) is 3.60. The highest BCUT2D eigenvalue weighted by atomic mass is 19.1. The summed E-state index contributed by atoms with van der Waals surface area (Å²) in [7, 11) is 0. The molecule has 7 heteroatoms. The average Bonchev–Trinajstić information content (AvgIpc) is 3.08. The molecule has 4 rings (SSSR count). The van der Waals surface area contributed by atoms with Gasteiger partial charge in [-0.2, -0.15) is 0 Å². The van der Waals surface area contributed by atoms with Crippen LogP contribution in [0.4, 0.5) is 4.39 Å². The molecule has 1 aliphatic rings. The molecule has 1 radical (unpaired) electrons. The smallest absolute Gasteiger partial charge is 0.217 e. The molecule has 0 bridgehead atoms. The summed E-state index contributed by atoms with van der Waals surface area (Å²) in [5.41, 5.74) is 2.69. The lowest BCUT2D eigenvalue weighted by atomic mass is 9.96. The van der Waals surface area contributed by atoms with Gasteiger partial charge in [-0.3, -0.25) is 0 Å². The van der Waals surface area contributed by atoms with Crippen molar-refractivity contribution in [3.63, 3.8) is 0 Å². The first-order valence-corrected chi connectivity index (χ1v) is 8.30. The third-order valence-electron chi connectivity index (χ3n) is 4.11. The van der Waals surface area contributed by atoms with Crippen molar-refractivity contribution >= 4 is 0 Å². The fourth-order valence-corrected chi connectivity index (χ4v) is 2.76. The summed E-state index contributed by atoms with van der Waals surface area (Å²) >= 11 is 0. The molecule has 1 aliphatic heterocycles. The maximum atomic E-state index is 13.3. The first-order valence-electron chi connectivity index (χ1n) is 8.30. The molecule has 0 unspecified atom stereocenters. The largest absolute Gasteiger partial charge is 0.345 e. The maximum Gasteiger partial charge on any atom is 0.217 e. The van der Waals surface area contributed by atoms with Crippen LogP contribution in [0.3, 0.4) is 0 Å².